The fraction of sp³-hybridized carbons (Fsp3) is 0.483. The third-order valence-electron chi connectivity index (χ3n) is 8.78. The Labute approximate surface area is 225 Å². The van der Waals surface area contributed by atoms with E-state index in [2.05, 4.69) is 22.4 Å². The van der Waals surface area contributed by atoms with E-state index < -0.39 is 23.1 Å². The minimum absolute atomic E-state index is 0.0330. The number of amides is 1. The molecule has 0 spiro atoms. The summed E-state index contributed by atoms with van der Waals surface area (Å²) in [6.07, 6.45) is 1.57. The molecule has 2 aromatic carbocycles. The molecule has 3 aromatic rings. The molecule has 1 amide bonds. The van der Waals surface area contributed by atoms with E-state index in [-0.39, 0.29) is 29.8 Å². The Kier molecular flexibility index (Phi) is 6.30. The van der Waals surface area contributed by atoms with E-state index in [4.69, 9.17) is 4.74 Å². The number of halogens is 3. The number of hydrogen-bond donors (Lipinski definition) is 1. The van der Waals surface area contributed by atoms with Gasteiger partial charge in [0, 0.05) is 43.6 Å². The second-order valence-corrected chi connectivity index (χ2v) is 11.3. The maximum Gasteiger partial charge on any atom is 0.416 e. The number of hydrogen-bond acceptors (Lipinski definition) is 5. The number of aromatic nitrogens is 3. The van der Waals surface area contributed by atoms with Crippen LogP contribution >= 0.6 is 0 Å². The highest BCUT2D eigenvalue weighted by Crippen LogP contribution is 2.43. The summed E-state index contributed by atoms with van der Waals surface area (Å²) < 4.78 is 50.2. The predicted octanol–water partition coefficient (Wildman–Crippen LogP) is 5.12. The van der Waals surface area contributed by atoms with Crippen LogP contribution in [0.1, 0.15) is 77.5 Å². The van der Waals surface area contributed by atoms with Crippen LogP contribution in [0.3, 0.4) is 0 Å². The van der Waals surface area contributed by atoms with Gasteiger partial charge in [0.15, 0.2) is 0 Å². The number of ether oxygens (including phenoxy) is 1. The van der Waals surface area contributed by atoms with Crippen molar-refractivity contribution in [3.63, 3.8) is 0 Å². The molecule has 1 N–H and O–H groups in total. The van der Waals surface area contributed by atoms with Crippen LogP contribution in [-0.2, 0) is 36.5 Å². The van der Waals surface area contributed by atoms with Crippen molar-refractivity contribution >= 4 is 11.6 Å². The van der Waals surface area contributed by atoms with Crippen molar-refractivity contribution in [3.8, 4) is 0 Å². The SMILES string of the molecule is Cn1cnnc1C1(c2cccc(N3Cc4c(cc(CNC5(C)CCC5)cc4C(F)(F)F)C3=O)c2)CCOCC1. The summed E-state index contributed by atoms with van der Waals surface area (Å²) in [6.45, 7) is 3.35. The molecule has 206 valence electrons. The van der Waals surface area contributed by atoms with Crippen molar-refractivity contribution in [2.75, 3.05) is 18.1 Å². The van der Waals surface area contributed by atoms with E-state index in [0.717, 1.165) is 30.7 Å². The second kappa shape index (κ2) is 9.45. The maximum atomic E-state index is 14.2. The minimum atomic E-state index is -4.56. The first-order chi connectivity index (χ1) is 18.6. The third kappa shape index (κ3) is 4.53. The van der Waals surface area contributed by atoms with E-state index in [1.165, 1.54) is 11.0 Å². The molecular weight excluding hydrogens is 507 g/mol. The van der Waals surface area contributed by atoms with Gasteiger partial charge in [-0.15, -0.1) is 10.2 Å². The Morgan fingerprint density at radius 2 is 1.87 bits per heavy atom. The number of anilines is 1. The van der Waals surface area contributed by atoms with Crippen molar-refractivity contribution in [1.82, 2.24) is 20.1 Å². The zero-order chi connectivity index (χ0) is 27.4. The summed E-state index contributed by atoms with van der Waals surface area (Å²) in [7, 11) is 1.90. The van der Waals surface area contributed by atoms with Gasteiger partial charge in [0.25, 0.3) is 5.91 Å². The number of carbonyl (C=O) groups is 1. The van der Waals surface area contributed by atoms with Crippen LogP contribution in [0.15, 0.2) is 42.7 Å². The number of fused-ring (bicyclic) bond motifs is 1. The molecule has 0 atom stereocenters. The molecule has 0 radical (unpaired) electrons. The number of rotatable bonds is 6. The Morgan fingerprint density at radius 1 is 1.10 bits per heavy atom. The Morgan fingerprint density at radius 3 is 2.51 bits per heavy atom. The number of benzene rings is 2. The number of nitrogens with zero attached hydrogens (tertiary/aromatic N) is 4. The second-order valence-electron chi connectivity index (χ2n) is 11.3. The number of carbonyl (C=O) groups excluding carboxylic acids is 1. The lowest BCUT2D eigenvalue weighted by atomic mass is 9.73. The Hall–Kier alpha value is -3.24. The van der Waals surface area contributed by atoms with Gasteiger partial charge in [-0.2, -0.15) is 13.2 Å². The highest BCUT2D eigenvalue weighted by Gasteiger charge is 2.43. The molecule has 7 nitrogen and oxygen atoms in total. The molecule has 6 rings (SSSR count). The normalized spacial score (nSPS) is 20.1. The van der Waals surface area contributed by atoms with Gasteiger partial charge >= 0.3 is 6.18 Å². The molecular formula is C29H32F3N5O2. The number of nitrogens with one attached hydrogen (secondary N) is 1. The highest BCUT2D eigenvalue weighted by molar-refractivity contribution is 6.10. The van der Waals surface area contributed by atoms with Crippen molar-refractivity contribution in [2.24, 2.45) is 7.05 Å². The van der Waals surface area contributed by atoms with Crippen molar-refractivity contribution in [2.45, 2.75) is 69.2 Å². The van der Waals surface area contributed by atoms with Gasteiger partial charge in [-0.05, 0) is 80.0 Å². The molecule has 1 aliphatic carbocycles. The molecule has 2 fully saturated rings. The lowest BCUT2D eigenvalue weighted by molar-refractivity contribution is -0.138. The summed E-state index contributed by atoms with van der Waals surface area (Å²) in [4.78, 5) is 15.1. The molecule has 3 heterocycles. The Bertz CT molecular complexity index is 1410. The first kappa shape index (κ1) is 26.0. The van der Waals surface area contributed by atoms with Crippen molar-refractivity contribution < 1.29 is 22.7 Å². The monoisotopic (exact) mass is 539 g/mol. The van der Waals surface area contributed by atoms with E-state index in [0.29, 0.717) is 37.3 Å². The van der Waals surface area contributed by atoms with Gasteiger partial charge in [-0.3, -0.25) is 4.79 Å². The van der Waals surface area contributed by atoms with E-state index in [1.54, 1.807) is 18.5 Å². The van der Waals surface area contributed by atoms with E-state index >= 15 is 0 Å². The van der Waals surface area contributed by atoms with Crippen molar-refractivity contribution in [3.05, 3.63) is 76.4 Å². The number of alkyl halides is 3. The van der Waals surface area contributed by atoms with Gasteiger partial charge in [0.05, 0.1) is 17.5 Å². The largest absolute Gasteiger partial charge is 0.416 e. The fourth-order valence-corrected chi connectivity index (χ4v) is 6.28. The maximum absolute atomic E-state index is 14.2. The molecule has 2 aliphatic heterocycles. The van der Waals surface area contributed by atoms with Gasteiger partial charge in [0.1, 0.15) is 12.2 Å². The standard InChI is InChI=1S/C29H32F3N5O2/c1-27(7-4-8-27)33-16-19-13-22-23(24(14-19)29(30,31)32)17-37(25(22)38)21-6-3-5-20(15-21)28(9-11-39-12-10-28)26-35-34-18-36(26)2/h3,5-6,13-15,18,33H,4,7-12,16-17H2,1-2H3. The summed E-state index contributed by atoms with van der Waals surface area (Å²) in [5.74, 6) is 0.389. The lowest BCUT2D eigenvalue weighted by Crippen LogP contribution is -2.47. The quantitative estimate of drug-likeness (QED) is 0.471. The van der Waals surface area contributed by atoms with Gasteiger partial charge in [-0.1, -0.05) is 12.1 Å². The molecule has 1 saturated carbocycles. The van der Waals surface area contributed by atoms with Crippen LogP contribution in [0.4, 0.5) is 18.9 Å². The molecule has 1 aromatic heterocycles. The molecule has 39 heavy (non-hydrogen) atoms. The number of aryl methyl sites for hydroxylation is 1. The van der Waals surface area contributed by atoms with E-state index in [9.17, 15) is 18.0 Å². The average molecular weight is 540 g/mol. The lowest BCUT2D eigenvalue weighted by Gasteiger charge is -2.39. The summed E-state index contributed by atoms with van der Waals surface area (Å²) >= 11 is 0. The average Bonchev–Trinajstić information content (AvgIpc) is 3.49. The van der Waals surface area contributed by atoms with Gasteiger partial charge in [0.2, 0.25) is 0 Å². The first-order valence-electron chi connectivity index (χ1n) is 13.4. The van der Waals surface area contributed by atoms with Gasteiger partial charge in [-0.25, -0.2) is 0 Å². The molecule has 3 aliphatic rings. The fourth-order valence-electron chi connectivity index (χ4n) is 6.28. The highest BCUT2D eigenvalue weighted by atomic mass is 19.4. The topological polar surface area (TPSA) is 72.3 Å². The summed E-state index contributed by atoms with van der Waals surface area (Å²) in [5, 5.41) is 11.9. The molecule has 0 bridgehead atoms. The van der Waals surface area contributed by atoms with E-state index in [1.807, 2.05) is 29.8 Å². The summed E-state index contributed by atoms with van der Waals surface area (Å²) in [5.41, 5.74) is 0.878. The predicted molar refractivity (Wildman–Crippen MR) is 139 cm³/mol. The minimum Gasteiger partial charge on any atom is -0.381 e. The van der Waals surface area contributed by atoms with Crippen molar-refractivity contribution in [1.29, 1.82) is 0 Å². The third-order valence-corrected chi connectivity index (χ3v) is 8.78. The summed E-state index contributed by atoms with van der Waals surface area (Å²) in [6, 6.07) is 10.4. The first-order valence-corrected chi connectivity index (χ1v) is 13.4. The van der Waals surface area contributed by atoms with Crippen LogP contribution in [0.25, 0.3) is 0 Å². The van der Waals surface area contributed by atoms with Crippen LogP contribution in [0, 0.1) is 0 Å². The molecule has 1 saturated heterocycles. The zero-order valence-corrected chi connectivity index (χ0v) is 22.1. The zero-order valence-electron chi connectivity index (χ0n) is 22.1. The Balaban J connectivity index is 1.35. The van der Waals surface area contributed by atoms with Crippen LogP contribution in [0.5, 0.6) is 0 Å². The van der Waals surface area contributed by atoms with Crippen LogP contribution in [-0.4, -0.2) is 39.4 Å². The molecule has 0 unspecified atom stereocenters. The van der Waals surface area contributed by atoms with Crippen LogP contribution < -0.4 is 10.2 Å². The van der Waals surface area contributed by atoms with Gasteiger partial charge < -0.3 is 19.5 Å². The van der Waals surface area contributed by atoms with Crippen LogP contribution in [0.2, 0.25) is 0 Å². The molecule has 10 heteroatoms. The smallest absolute Gasteiger partial charge is 0.381 e.